The van der Waals surface area contributed by atoms with Gasteiger partial charge in [0.05, 0.1) is 5.69 Å². The molecular weight excluding hydrogens is 146 g/mol. The van der Waals surface area contributed by atoms with Crippen molar-refractivity contribution < 1.29 is 4.42 Å². The van der Waals surface area contributed by atoms with Crippen LogP contribution in [0.15, 0.2) is 21.5 Å². The molecular formula is C6H5N3O2. The van der Waals surface area contributed by atoms with E-state index in [1.54, 1.807) is 6.07 Å². The van der Waals surface area contributed by atoms with Crippen LogP contribution in [0.1, 0.15) is 0 Å². The summed E-state index contributed by atoms with van der Waals surface area (Å²) >= 11 is 0. The molecule has 2 rings (SSSR count). The summed E-state index contributed by atoms with van der Waals surface area (Å²) < 4.78 is 4.70. The molecule has 0 amide bonds. The van der Waals surface area contributed by atoms with Crippen molar-refractivity contribution in [1.29, 1.82) is 0 Å². The van der Waals surface area contributed by atoms with Gasteiger partial charge >= 0.3 is 5.76 Å². The Labute approximate surface area is 60.8 Å². The van der Waals surface area contributed by atoms with Crippen LogP contribution in [0, 0.1) is 0 Å². The molecule has 0 unspecified atom stereocenters. The average molecular weight is 151 g/mol. The second-order valence-corrected chi connectivity index (χ2v) is 2.09. The molecule has 56 valence electrons. The number of nitrogen functional groups attached to an aromatic ring is 1. The highest BCUT2D eigenvalue weighted by molar-refractivity contribution is 5.80. The fourth-order valence-corrected chi connectivity index (χ4v) is 0.874. The lowest BCUT2D eigenvalue weighted by Crippen LogP contribution is -1.93. The Hall–Kier alpha value is -1.78. The van der Waals surface area contributed by atoms with E-state index in [1.165, 1.54) is 6.20 Å². The highest BCUT2D eigenvalue weighted by atomic mass is 16.4. The SMILES string of the molecule is Nc1ccnc2[nH]c(=O)oc12. The number of hydrogen-bond acceptors (Lipinski definition) is 4. The number of nitrogens with one attached hydrogen (secondary N) is 1. The molecule has 0 saturated carbocycles. The second-order valence-electron chi connectivity index (χ2n) is 2.09. The van der Waals surface area contributed by atoms with Gasteiger partial charge in [-0.3, -0.25) is 4.98 Å². The van der Waals surface area contributed by atoms with Crippen LogP contribution in [0.4, 0.5) is 5.69 Å². The van der Waals surface area contributed by atoms with E-state index in [-0.39, 0.29) is 0 Å². The number of fused-ring (bicyclic) bond motifs is 1. The van der Waals surface area contributed by atoms with Crippen LogP contribution in [0.3, 0.4) is 0 Å². The fraction of sp³-hybridized carbons (Fsp3) is 0. The largest absolute Gasteiger partial charge is 0.418 e. The Balaban J connectivity index is 3.01. The van der Waals surface area contributed by atoms with E-state index in [9.17, 15) is 4.79 Å². The molecule has 3 N–H and O–H groups in total. The van der Waals surface area contributed by atoms with Gasteiger partial charge in [-0.05, 0) is 6.07 Å². The number of rotatable bonds is 0. The van der Waals surface area contributed by atoms with E-state index >= 15 is 0 Å². The van der Waals surface area contributed by atoms with Crippen molar-refractivity contribution in [2.75, 3.05) is 5.73 Å². The Morgan fingerprint density at radius 3 is 3.18 bits per heavy atom. The van der Waals surface area contributed by atoms with Crippen molar-refractivity contribution in [2.24, 2.45) is 0 Å². The van der Waals surface area contributed by atoms with E-state index in [0.717, 1.165) is 0 Å². The van der Waals surface area contributed by atoms with Crippen molar-refractivity contribution >= 4 is 16.9 Å². The number of oxazole rings is 1. The highest BCUT2D eigenvalue weighted by Crippen LogP contribution is 2.13. The topological polar surface area (TPSA) is 84.9 Å². The first-order valence-corrected chi connectivity index (χ1v) is 3.00. The predicted molar refractivity (Wildman–Crippen MR) is 39.0 cm³/mol. The molecule has 0 aromatic carbocycles. The molecule has 0 bridgehead atoms. The predicted octanol–water partition coefficient (Wildman–Crippen LogP) is 0.0983. The molecule has 11 heavy (non-hydrogen) atoms. The molecule has 0 radical (unpaired) electrons. The van der Waals surface area contributed by atoms with Crippen LogP contribution in [0.25, 0.3) is 11.2 Å². The van der Waals surface area contributed by atoms with Gasteiger partial charge in [0.25, 0.3) is 0 Å². The quantitative estimate of drug-likeness (QED) is 0.559. The number of nitrogens with zero attached hydrogens (tertiary/aromatic N) is 1. The smallest absolute Gasteiger partial charge is 0.404 e. The Morgan fingerprint density at radius 2 is 2.45 bits per heavy atom. The summed E-state index contributed by atoms with van der Waals surface area (Å²) in [6, 6.07) is 1.57. The molecule has 2 heterocycles. The van der Waals surface area contributed by atoms with E-state index in [4.69, 9.17) is 10.2 Å². The number of nitrogens with two attached hydrogens (primary N) is 1. The third-order valence-corrected chi connectivity index (χ3v) is 1.35. The average Bonchev–Trinajstić information content (AvgIpc) is 2.31. The monoisotopic (exact) mass is 151 g/mol. The minimum atomic E-state index is -0.537. The van der Waals surface area contributed by atoms with E-state index in [0.29, 0.717) is 16.9 Å². The molecule has 2 aromatic heterocycles. The minimum Gasteiger partial charge on any atom is -0.404 e. The molecule has 0 aliphatic carbocycles. The first-order valence-electron chi connectivity index (χ1n) is 3.00. The third kappa shape index (κ3) is 0.778. The molecule has 5 nitrogen and oxygen atoms in total. The van der Waals surface area contributed by atoms with E-state index in [2.05, 4.69) is 9.97 Å². The molecule has 2 aromatic rings. The first kappa shape index (κ1) is 5.96. The summed E-state index contributed by atoms with van der Waals surface area (Å²) in [5, 5.41) is 0. The fourth-order valence-electron chi connectivity index (χ4n) is 0.874. The number of anilines is 1. The maximum absolute atomic E-state index is 10.6. The summed E-state index contributed by atoms with van der Waals surface area (Å²) in [5.74, 6) is -0.537. The van der Waals surface area contributed by atoms with Crippen LogP contribution in [-0.4, -0.2) is 9.97 Å². The van der Waals surface area contributed by atoms with Gasteiger partial charge in [-0.25, -0.2) is 9.78 Å². The van der Waals surface area contributed by atoms with Gasteiger partial charge < -0.3 is 10.2 Å². The number of hydrogen-bond donors (Lipinski definition) is 2. The van der Waals surface area contributed by atoms with Crippen molar-refractivity contribution in [2.45, 2.75) is 0 Å². The number of aromatic nitrogens is 2. The molecule has 0 aliphatic heterocycles. The highest BCUT2D eigenvalue weighted by Gasteiger charge is 2.03. The standard InChI is InChI=1S/C6H5N3O2/c7-3-1-2-8-5-4(3)11-6(10)9-5/h1-2H,(H3,7,8,9,10). The number of pyridine rings is 1. The van der Waals surface area contributed by atoms with Crippen LogP contribution < -0.4 is 11.5 Å². The zero-order valence-electron chi connectivity index (χ0n) is 5.50. The van der Waals surface area contributed by atoms with Crippen molar-refractivity contribution in [3.63, 3.8) is 0 Å². The van der Waals surface area contributed by atoms with Crippen LogP contribution >= 0.6 is 0 Å². The summed E-state index contributed by atoms with van der Waals surface area (Å²) in [5.41, 5.74) is 6.59. The van der Waals surface area contributed by atoms with Crippen molar-refractivity contribution in [3.05, 3.63) is 22.8 Å². The van der Waals surface area contributed by atoms with Crippen molar-refractivity contribution in [3.8, 4) is 0 Å². The zero-order valence-corrected chi connectivity index (χ0v) is 5.50. The third-order valence-electron chi connectivity index (χ3n) is 1.35. The normalized spacial score (nSPS) is 10.5. The summed E-state index contributed by atoms with van der Waals surface area (Å²) in [4.78, 5) is 16.8. The lowest BCUT2D eigenvalue weighted by Gasteiger charge is -1.88. The lowest BCUT2D eigenvalue weighted by atomic mass is 10.4. The first-order chi connectivity index (χ1) is 5.27. The van der Waals surface area contributed by atoms with Gasteiger partial charge in [0.15, 0.2) is 11.2 Å². The molecule has 0 fully saturated rings. The molecule has 0 saturated heterocycles. The van der Waals surface area contributed by atoms with Gasteiger partial charge in [0.1, 0.15) is 0 Å². The molecule has 0 spiro atoms. The zero-order chi connectivity index (χ0) is 7.84. The van der Waals surface area contributed by atoms with E-state index in [1.807, 2.05) is 0 Å². The van der Waals surface area contributed by atoms with Crippen LogP contribution in [0.5, 0.6) is 0 Å². The summed E-state index contributed by atoms with van der Waals surface area (Å²) in [6.45, 7) is 0. The van der Waals surface area contributed by atoms with Gasteiger partial charge in [-0.15, -0.1) is 0 Å². The van der Waals surface area contributed by atoms with Crippen molar-refractivity contribution in [1.82, 2.24) is 9.97 Å². The molecule has 0 aliphatic rings. The van der Waals surface area contributed by atoms with E-state index < -0.39 is 5.76 Å². The number of H-pyrrole nitrogens is 1. The van der Waals surface area contributed by atoms with Gasteiger partial charge in [-0.2, -0.15) is 0 Å². The lowest BCUT2D eigenvalue weighted by molar-refractivity contribution is 0.556. The van der Waals surface area contributed by atoms with Gasteiger partial charge in [0, 0.05) is 6.20 Å². The maximum atomic E-state index is 10.6. The Morgan fingerprint density at radius 1 is 1.64 bits per heavy atom. The maximum Gasteiger partial charge on any atom is 0.418 e. The second kappa shape index (κ2) is 1.85. The van der Waals surface area contributed by atoms with Gasteiger partial charge in [0.2, 0.25) is 0 Å². The molecule has 5 heteroatoms. The van der Waals surface area contributed by atoms with Crippen LogP contribution in [0.2, 0.25) is 0 Å². The van der Waals surface area contributed by atoms with Crippen LogP contribution in [-0.2, 0) is 0 Å². The minimum absolute atomic E-state index is 0.317. The molecule has 0 atom stereocenters. The Kier molecular flexibility index (Phi) is 1.00. The van der Waals surface area contributed by atoms with Gasteiger partial charge in [-0.1, -0.05) is 0 Å². The number of aromatic amines is 1. The summed E-state index contributed by atoms with van der Waals surface area (Å²) in [7, 11) is 0. The summed E-state index contributed by atoms with van der Waals surface area (Å²) in [6.07, 6.45) is 1.50. The Bertz CT molecular complexity index is 442.